The summed E-state index contributed by atoms with van der Waals surface area (Å²) in [5, 5.41) is 3.05. The normalized spacial score (nSPS) is 10.9. The predicted octanol–water partition coefficient (Wildman–Crippen LogP) is 2.04. The summed E-state index contributed by atoms with van der Waals surface area (Å²) in [5.41, 5.74) is 2.08. The smallest absolute Gasteiger partial charge is 0.121 e. The van der Waals surface area contributed by atoms with Crippen molar-refractivity contribution in [3.63, 3.8) is 0 Å². The number of aromatic nitrogens is 2. The maximum absolute atomic E-state index is 4.40. The Balaban J connectivity index is 2.49. The van der Waals surface area contributed by atoms with E-state index in [4.69, 9.17) is 0 Å². The van der Waals surface area contributed by atoms with E-state index < -0.39 is 0 Å². The molecular weight excluding hydrogens is 230 g/mol. The lowest BCUT2D eigenvalue weighted by Gasteiger charge is -1.90. The van der Waals surface area contributed by atoms with E-state index in [0.717, 1.165) is 27.9 Å². The molecule has 0 aliphatic heterocycles. The minimum Gasteiger partial charge on any atom is -0.341 e. The molecule has 0 fully saturated rings. The molecule has 1 aromatic heterocycles. The molecule has 3 nitrogen and oxygen atoms in total. The Kier molecular flexibility index (Phi) is 2.33. The molecule has 0 atom stereocenters. The Morgan fingerprint density at radius 3 is 3.15 bits per heavy atom. The molecule has 2 aromatic rings. The quantitative estimate of drug-likeness (QED) is 0.843. The van der Waals surface area contributed by atoms with Crippen molar-refractivity contribution in [1.82, 2.24) is 15.3 Å². The molecule has 0 saturated carbocycles. The van der Waals surface area contributed by atoms with E-state index in [1.807, 2.05) is 25.2 Å². The summed E-state index contributed by atoms with van der Waals surface area (Å²) in [7, 11) is 1.91. The van der Waals surface area contributed by atoms with E-state index in [1.165, 1.54) is 0 Å². The van der Waals surface area contributed by atoms with Gasteiger partial charge in [0.05, 0.1) is 17.6 Å². The van der Waals surface area contributed by atoms with Crippen LogP contribution in [0.25, 0.3) is 11.0 Å². The van der Waals surface area contributed by atoms with Crippen molar-refractivity contribution in [2.24, 2.45) is 0 Å². The highest BCUT2D eigenvalue weighted by Crippen LogP contribution is 2.17. The number of benzene rings is 1. The van der Waals surface area contributed by atoms with Crippen LogP contribution in [0.1, 0.15) is 5.82 Å². The third kappa shape index (κ3) is 1.73. The summed E-state index contributed by atoms with van der Waals surface area (Å²) < 4.78 is 1.07. The van der Waals surface area contributed by atoms with E-state index in [1.54, 1.807) is 0 Å². The fraction of sp³-hybridized carbons (Fsp3) is 0.222. The molecule has 1 heterocycles. The van der Waals surface area contributed by atoms with Gasteiger partial charge in [-0.3, -0.25) is 0 Å². The predicted molar refractivity (Wildman–Crippen MR) is 56.6 cm³/mol. The fourth-order valence-electron chi connectivity index (χ4n) is 1.29. The second-order valence-electron chi connectivity index (χ2n) is 2.88. The summed E-state index contributed by atoms with van der Waals surface area (Å²) in [6, 6.07) is 6.02. The summed E-state index contributed by atoms with van der Waals surface area (Å²) in [6.45, 7) is 0.770. The minimum atomic E-state index is 0.770. The van der Waals surface area contributed by atoms with Gasteiger partial charge in [0.25, 0.3) is 0 Å². The molecule has 0 bridgehead atoms. The number of hydrogen-bond donors (Lipinski definition) is 2. The number of H-pyrrole nitrogens is 1. The van der Waals surface area contributed by atoms with Gasteiger partial charge >= 0.3 is 0 Å². The van der Waals surface area contributed by atoms with Gasteiger partial charge in [-0.05, 0) is 25.2 Å². The maximum Gasteiger partial charge on any atom is 0.121 e. The number of hydrogen-bond acceptors (Lipinski definition) is 2. The molecule has 1 aromatic carbocycles. The standard InChI is InChI=1S/C9H10BrN3/c1-11-5-9-12-7-3-2-6(10)4-8(7)13-9/h2-4,11H,5H2,1H3,(H,12,13). The van der Waals surface area contributed by atoms with Crippen LogP contribution in [0.3, 0.4) is 0 Å². The van der Waals surface area contributed by atoms with E-state index in [0.29, 0.717) is 0 Å². The lowest BCUT2D eigenvalue weighted by molar-refractivity contribution is 0.775. The number of rotatable bonds is 2. The van der Waals surface area contributed by atoms with Gasteiger partial charge in [0.1, 0.15) is 5.82 Å². The summed E-state index contributed by atoms with van der Waals surface area (Å²) in [4.78, 5) is 7.64. The number of imidazole rings is 1. The summed E-state index contributed by atoms with van der Waals surface area (Å²) >= 11 is 3.42. The van der Waals surface area contributed by atoms with Gasteiger partial charge in [-0.15, -0.1) is 0 Å². The lowest BCUT2D eigenvalue weighted by atomic mass is 10.3. The molecule has 13 heavy (non-hydrogen) atoms. The van der Waals surface area contributed by atoms with Crippen LogP contribution in [0.15, 0.2) is 22.7 Å². The second-order valence-corrected chi connectivity index (χ2v) is 3.79. The second kappa shape index (κ2) is 3.47. The Labute approximate surface area is 84.7 Å². The van der Waals surface area contributed by atoms with Crippen LogP contribution in [-0.2, 0) is 6.54 Å². The Morgan fingerprint density at radius 1 is 1.54 bits per heavy atom. The fourth-order valence-corrected chi connectivity index (χ4v) is 1.65. The van der Waals surface area contributed by atoms with Gasteiger partial charge in [-0.25, -0.2) is 4.98 Å². The van der Waals surface area contributed by atoms with Crippen LogP contribution in [0.5, 0.6) is 0 Å². The lowest BCUT2D eigenvalue weighted by Crippen LogP contribution is -2.06. The molecule has 0 amide bonds. The first-order chi connectivity index (χ1) is 6.29. The first kappa shape index (κ1) is 8.72. The number of nitrogens with one attached hydrogen (secondary N) is 2. The monoisotopic (exact) mass is 239 g/mol. The molecule has 0 radical (unpaired) electrons. The van der Waals surface area contributed by atoms with E-state index in [-0.39, 0.29) is 0 Å². The van der Waals surface area contributed by atoms with Crippen molar-refractivity contribution >= 4 is 27.0 Å². The zero-order valence-electron chi connectivity index (χ0n) is 7.26. The van der Waals surface area contributed by atoms with Gasteiger partial charge in [0.2, 0.25) is 0 Å². The van der Waals surface area contributed by atoms with Crippen molar-refractivity contribution in [1.29, 1.82) is 0 Å². The molecule has 0 saturated heterocycles. The molecule has 2 rings (SSSR count). The van der Waals surface area contributed by atoms with Gasteiger partial charge in [0, 0.05) is 4.47 Å². The molecule has 0 spiro atoms. The average molecular weight is 240 g/mol. The van der Waals surface area contributed by atoms with Crippen molar-refractivity contribution in [3.8, 4) is 0 Å². The molecule has 0 aliphatic carbocycles. The maximum atomic E-state index is 4.40. The molecular formula is C9H10BrN3. The van der Waals surface area contributed by atoms with Crippen molar-refractivity contribution in [3.05, 3.63) is 28.5 Å². The van der Waals surface area contributed by atoms with Crippen molar-refractivity contribution in [2.75, 3.05) is 7.05 Å². The zero-order chi connectivity index (χ0) is 9.26. The van der Waals surface area contributed by atoms with Crippen LogP contribution < -0.4 is 5.32 Å². The van der Waals surface area contributed by atoms with Crippen LogP contribution >= 0.6 is 15.9 Å². The Morgan fingerprint density at radius 2 is 2.38 bits per heavy atom. The van der Waals surface area contributed by atoms with Gasteiger partial charge < -0.3 is 10.3 Å². The van der Waals surface area contributed by atoms with Crippen molar-refractivity contribution in [2.45, 2.75) is 6.54 Å². The van der Waals surface area contributed by atoms with Crippen LogP contribution in [0, 0.1) is 0 Å². The highest BCUT2D eigenvalue weighted by molar-refractivity contribution is 9.10. The molecule has 4 heteroatoms. The molecule has 0 aliphatic rings. The topological polar surface area (TPSA) is 40.7 Å². The minimum absolute atomic E-state index is 0.770. The SMILES string of the molecule is CNCc1nc2ccc(Br)cc2[nH]1. The Bertz CT molecular complexity index is 422. The van der Waals surface area contributed by atoms with Crippen molar-refractivity contribution < 1.29 is 0 Å². The number of nitrogens with zero attached hydrogens (tertiary/aromatic N) is 1. The van der Waals surface area contributed by atoms with Gasteiger partial charge in [0.15, 0.2) is 0 Å². The first-order valence-electron chi connectivity index (χ1n) is 4.08. The Hall–Kier alpha value is -0.870. The molecule has 0 unspecified atom stereocenters. The van der Waals surface area contributed by atoms with Gasteiger partial charge in [-0.1, -0.05) is 15.9 Å². The van der Waals surface area contributed by atoms with Gasteiger partial charge in [-0.2, -0.15) is 0 Å². The van der Waals surface area contributed by atoms with Crippen LogP contribution in [-0.4, -0.2) is 17.0 Å². The largest absolute Gasteiger partial charge is 0.341 e. The van der Waals surface area contributed by atoms with Crippen LogP contribution in [0.4, 0.5) is 0 Å². The highest BCUT2D eigenvalue weighted by atomic mass is 79.9. The number of fused-ring (bicyclic) bond motifs is 1. The molecule has 2 N–H and O–H groups in total. The average Bonchev–Trinajstić information content (AvgIpc) is 2.46. The summed E-state index contributed by atoms with van der Waals surface area (Å²) in [6.07, 6.45) is 0. The highest BCUT2D eigenvalue weighted by Gasteiger charge is 2.01. The van der Waals surface area contributed by atoms with E-state index >= 15 is 0 Å². The van der Waals surface area contributed by atoms with E-state index in [9.17, 15) is 0 Å². The third-order valence-electron chi connectivity index (χ3n) is 1.84. The van der Waals surface area contributed by atoms with Crippen LogP contribution in [0.2, 0.25) is 0 Å². The number of halogens is 1. The molecule has 68 valence electrons. The number of aromatic amines is 1. The first-order valence-corrected chi connectivity index (χ1v) is 4.87. The third-order valence-corrected chi connectivity index (χ3v) is 2.33. The van der Waals surface area contributed by atoms with E-state index in [2.05, 4.69) is 31.2 Å². The zero-order valence-corrected chi connectivity index (χ0v) is 8.85. The summed E-state index contributed by atoms with van der Waals surface area (Å²) in [5.74, 6) is 0.968.